The molecule has 3 heteroatoms. The Bertz CT molecular complexity index is 422. The van der Waals surface area contributed by atoms with Gasteiger partial charge in [-0.15, -0.1) is 0 Å². The van der Waals surface area contributed by atoms with Gasteiger partial charge in [-0.25, -0.2) is 4.79 Å². The van der Waals surface area contributed by atoms with Gasteiger partial charge in [0.05, 0.1) is 6.10 Å². The minimum absolute atomic E-state index is 0.154. The Morgan fingerprint density at radius 2 is 1.95 bits per heavy atom. The molecule has 0 aliphatic heterocycles. The van der Waals surface area contributed by atoms with E-state index < -0.39 is 11.7 Å². The van der Waals surface area contributed by atoms with Crippen LogP contribution in [-0.2, 0) is 9.53 Å². The molecule has 0 spiro atoms. The Kier molecular flexibility index (Phi) is 3.61. The minimum Gasteiger partial charge on any atom is -0.453 e. The van der Waals surface area contributed by atoms with Crippen LogP contribution < -0.4 is 0 Å². The standard InChI is InChI=1S/C16H24O3/c1-5-6-7-8-14(18)19-16(4)12-9-11(10-13(16)17)15(12,2)3/h5-8,11-13,17H,9-10H2,1-4H3/b6-5+,8-7+. The van der Waals surface area contributed by atoms with Gasteiger partial charge in [-0.2, -0.15) is 0 Å². The number of esters is 1. The van der Waals surface area contributed by atoms with E-state index in [2.05, 4.69) is 13.8 Å². The topological polar surface area (TPSA) is 46.5 Å². The molecule has 3 saturated carbocycles. The number of hydrogen-bond acceptors (Lipinski definition) is 3. The molecular formula is C16H24O3. The maximum absolute atomic E-state index is 11.9. The lowest BCUT2D eigenvalue weighted by molar-refractivity contribution is -0.255. The van der Waals surface area contributed by atoms with Gasteiger partial charge < -0.3 is 9.84 Å². The number of rotatable bonds is 3. The van der Waals surface area contributed by atoms with Gasteiger partial charge in [-0.3, -0.25) is 0 Å². The number of hydrogen-bond donors (Lipinski definition) is 1. The molecule has 3 aliphatic carbocycles. The molecule has 4 unspecified atom stereocenters. The van der Waals surface area contributed by atoms with Crippen LogP contribution in [0.5, 0.6) is 0 Å². The fourth-order valence-corrected chi connectivity index (χ4v) is 3.76. The van der Waals surface area contributed by atoms with Crippen LogP contribution >= 0.6 is 0 Å². The van der Waals surface area contributed by atoms with Gasteiger partial charge in [-0.05, 0) is 38.0 Å². The summed E-state index contributed by atoms with van der Waals surface area (Å²) in [5.41, 5.74) is -0.600. The third-order valence-electron chi connectivity index (χ3n) is 5.19. The van der Waals surface area contributed by atoms with Gasteiger partial charge in [-0.1, -0.05) is 32.1 Å². The van der Waals surface area contributed by atoms with E-state index in [1.807, 2.05) is 19.9 Å². The summed E-state index contributed by atoms with van der Waals surface area (Å²) in [4.78, 5) is 11.9. The molecule has 3 aliphatic rings. The third-order valence-corrected chi connectivity index (χ3v) is 5.19. The van der Waals surface area contributed by atoms with Crippen LogP contribution in [0.1, 0.15) is 40.5 Å². The molecule has 19 heavy (non-hydrogen) atoms. The molecule has 2 bridgehead atoms. The summed E-state index contributed by atoms with van der Waals surface area (Å²) < 4.78 is 5.61. The van der Waals surface area contributed by atoms with Crippen molar-refractivity contribution in [2.75, 3.05) is 0 Å². The van der Waals surface area contributed by atoms with E-state index in [0.29, 0.717) is 5.92 Å². The zero-order valence-electron chi connectivity index (χ0n) is 12.2. The van der Waals surface area contributed by atoms with Crippen LogP contribution in [0, 0.1) is 17.3 Å². The zero-order valence-corrected chi connectivity index (χ0v) is 12.2. The molecule has 106 valence electrons. The number of aliphatic hydroxyl groups excluding tert-OH is 1. The zero-order chi connectivity index (χ0) is 14.3. The highest BCUT2D eigenvalue weighted by Gasteiger charge is 2.64. The summed E-state index contributed by atoms with van der Waals surface area (Å²) in [5.74, 6) is 0.423. The van der Waals surface area contributed by atoms with Crippen molar-refractivity contribution in [2.24, 2.45) is 17.3 Å². The number of fused-ring (bicyclic) bond motifs is 2. The van der Waals surface area contributed by atoms with Crippen molar-refractivity contribution >= 4 is 5.97 Å². The largest absolute Gasteiger partial charge is 0.453 e. The fourth-order valence-electron chi connectivity index (χ4n) is 3.76. The highest BCUT2D eigenvalue weighted by molar-refractivity contribution is 5.82. The number of carbonyl (C=O) groups excluding carboxylic acids is 1. The first kappa shape index (κ1) is 14.3. The average molecular weight is 264 g/mol. The normalized spacial score (nSPS) is 40.4. The molecule has 3 fully saturated rings. The van der Waals surface area contributed by atoms with Crippen molar-refractivity contribution < 1.29 is 14.6 Å². The van der Waals surface area contributed by atoms with E-state index in [0.717, 1.165) is 12.8 Å². The molecule has 0 heterocycles. The lowest BCUT2D eigenvalue weighted by Gasteiger charge is -2.64. The monoisotopic (exact) mass is 264 g/mol. The number of ether oxygens (including phenoxy) is 1. The van der Waals surface area contributed by atoms with Crippen LogP contribution in [0.15, 0.2) is 24.3 Å². The summed E-state index contributed by atoms with van der Waals surface area (Å²) in [6.07, 6.45) is 7.93. The molecule has 0 aromatic heterocycles. The lowest BCUT2D eigenvalue weighted by atomic mass is 9.43. The second-order valence-electron chi connectivity index (χ2n) is 6.55. The summed E-state index contributed by atoms with van der Waals surface area (Å²) in [7, 11) is 0. The molecule has 0 amide bonds. The Hall–Kier alpha value is -1.09. The van der Waals surface area contributed by atoms with Crippen LogP contribution in [0.3, 0.4) is 0 Å². The molecule has 4 atom stereocenters. The SMILES string of the molecule is C/C=C/C=C/C(=O)OC1(C)C(O)CC2CC1C2(C)C. The Labute approximate surface area is 115 Å². The maximum Gasteiger partial charge on any atom is 0.331 e. The average Bonchev–Trinajstić information content (AvgIpc) is 2.32. The van der Waals surface area contributed by atoms with Crippen molar-refractivity contribution in [3.63, 3.8) is 0 Å². The Balaban J connectivity index is 2.10. The predicted octanol–water partition coefficient (Wildman–Crippen LogP) is 2.85. The first-order valence-corrected chi connectivity index (χ1v) is 7.02. The highest BCUT2D eigenvalue weighted by atomic mass is 16.6. The summed E-state index contributed by atoms with van der Waals surface area (Å²) in [6, 6.07) is 0. The van der Waals surface area contributed by atoms with Gasteiger partial charge >= 0.3 is 5.97 Å². The number of aliphatic hydroxyl groups is 1. The third kappa shape index (κ3) is 2.25. The summed E-state index contributed by atoms with van der Waals surface area (Å²) in [6.45, 7) is 8.18. The molecule has 0 aromatic rings. The first-order chi connectivity index (χ1) is 8.82. The Morgan fingerprint density at radius 3 is 2.53 bits per heavy atom. The molecule has 0 aromatic carbocycles. The Morgan fingerprint density at radius 1 is 1.26 bits per heavy atom. The first-order valence-electron chi connectivity index (χ1n) is 7.02. The van der Waals surface area contributed by atoms with Crippen LogP contribution in [-0.4, -0.2) is 22.8 Å². The van der Waals surface area contributed by atoms with E-state index in [-0.39, 0.29) is 17.3 Å². The summed E-state index contributed by atoms with van der Waals surface area (Å²) >= 11 is 0. The van der Waals surface area contributed by atoms with Crippen LogP contribution in [0.25, 0.3) is 0 Å². The van der Waals surface area contributed by atoms with Crippen LogP contribution in [0.2, 0.25) is 0 Å². The maximum atomic E-state index is 11.9. The lowest BCUT2D eigenvalue weighted by Crippen LogP contribution is -2.67. The van der Waals surface area contributed by atoms with Gasteiger partial charge in [0, 0.05) is 12.0 Å². The van der Waals surface area contributed by atoms with E-state index in [4.69, 9.17) is 4.74 Å². The molecule has 1 N–H and O–H groups in total. The minimum atomic E-state index is -0.754. The quantitative estimate of drug-likeness (QED) is 0.484. The van der Waals surface area contributed by atoms with Gasteiger partial charge in [0.15, 0.2) is 0 Å². The van der Waals surface area contributed by atoms with E-state index >= 15 is 0 Å². The second kappa shape index (κ2) is 4.78. The molecule has 0 radical (unpaired) electrons. The number of carbonyl (C=O) groups is 1. The van der Waals surface area contributed by atoms with E-state index in [1.54, 1.807) is 12.2 Å². The van der Waals surface area contributed by atoms with E-state index in [9.17, 15) is 9.90 Å². The predicted molar refractivity (Wildman–Crippen MR) is 74.5 cm³/mol. The van der Waals surface area contributed by atoms with Crippen molar-refractivity contribution in [1.29, 1.82) is 0 Å². The summed E-state index contributed by atoms with van der Waals surface area (Å²) in [5, 5.41) is 10.3. The highest BCUT2D eigenvalue weighted by Crippen LogP contribution is 2.63. The van der Waals surface area contributed by atoms with Crippen molar-refractivity contribution in [3.8, 4) is 0 Å². The number of allylic oxidation sites excluding steroid dienone is 3. The molecule has 0 saturated heterocycles. The van der Waals surface area contributed by atoms with Crippen LogP contribution in [0.4, 0.5) is 0 Å². The molecule has 3 nitrogen and oxygen atoms in total. The second-order valence-corrected chi connectivity index (χ2v) is 6.55. The van der Waals surface area contributed by atoms with Gasteiger partial charge in [0.25, 0.3) is 0 Å². The van der Waals surface area contributed by atoms with Crippen molar-refractivity contribution in [2.45, 2.75) is 52.2 Å². The van der Waals surface area contributed by atoms with E-state index in [1.165, 1.54) is 6.08 Å². The fraction of sp³-hybridized carbons (Fsp3) is 0.688. The van der Waals surface area contributed by atoms with Crippen molar-refractivity contribution in [3.05, 3.63) is 24.3 Å². The van der Waals surface area contributed by atoms with Gasteiger partial charge in [0.1, 0.15) is 5.60 Å². The molecular weight excluding hydrogens is 240 g/mol. The van der Waals surface area contributed by atoms with Gasteiger partial charge in [0.2, 0.25) is 0 Å². The smallest absolute Gasteiger partial charge is 0.331 e. The molecule has 3 rings (SSSR count). The van der Waals surface area contributed by atoms with Crippen molar-refractivity contribution in [1.82, 2.24) is 0 Å².